The van der Waals surface area contributed by atoms with Gasteiger partial charge in [0.25, 0.3) is 0 Å². The van der Waals surface area contributed by atoms with Gasteiger partial charge in [-0.15, -0.1) is 11.6 Å². The number of hydrogen-bond donors (Lipinski definition) is 1. The van der Waals surface area contributed by atoms with E-state index in [0.717, 1.165) is 0 Å². The summed E-state index contributed by atoms with van der Waals surface area (Å²) < 4.78 is 0. The number of nitrogens with two attached hydrogens (primary N) is 1. The van der Waals surface area contributed by atoms with Crippen molar-refractivity contribution in [2.75, 3.05) is 5.88 Å². The molecular formula is C8H7Cl3N2. The van der Waals surface area contributed by atoms with Crippen LogP contribution in [0, 0.1) is 0 Å². The lowest BCUT2D eigenvalue weighted by Gasteiger charge is -1.99. The molecule has 0 amide bonds. The van der Waals surface area contributed by atoms with Crippen molar-refractivity contribution in [3.8, 4) is 0 Å². The topological polar surface area (TPSA) is 38.4 Å². The molecule has 0 spiro atoms. The maximum absolute atomic E-state index is 5.83. The fourth-order valence-corrected chi connectivity index (χ4v) is 1.14. The second kappa shape index (κ2) is 4.70. The predicted molar refractivity (Wildman–Crippen MR) is 58.5 cm³/mol. The lowest BCUT2D eigenvalue weighted by molar-refractivity contribution is 1.45. The average molecular weight is 238 g/mol. The Labute approximate surface area is 91.3 Å². The zero-order chi connectivity index (χ0) is 9.84. The first-order valence-corrected chi connectivity index (χ1v) is 4.76. The highest BCUT2D eigenvalue weighted by Gasteiger charge is 2.00. The third-order valence-electron chi connectivity index (χ3n) is 1.31. The minimum atomic E-state index is 0.169. The molecule has 2 nitrogen and oxygen atoms in total. The van der Waals surface area contributed by atoms with Crippen molar-refractivity contribution in [2.24, 2.45) is 10.7 Å². The fourth-order valence-electron chi connectivity index (χ4n) is 0.756. The Morgan fingerprint density at radius 1 is 1.38 bits per heavy atom. The van der Waals surface area contributed by atoms with Gasteiger partial charge in [0.2, 0.25) is 0 Å². The van der Waals surface area contributed by atoms with Gasteiger partial charge >= 0.3 is 0 Å². The summed E-state index contributed by atoms with van der Waals surface area (Å²) in [6.07, 6.45) is 0. The summed E-state index contributed by atoms with van der Waals surface area (Å²) in [7, 11) is 0. The molecule has 0 bridgehead atoms. The highest BCUT2D eigenvalue weighted by Crippen LogP contribution is 2.27. The Balaban J connectivity index is 3.07. The van der Waals surface area contributed by atoms with E-state index in [-0.39, 0.29) is 5.88 Å². The first-order valence-electron chi connectivity index (χ1n) is 3.47. The molecule has 5 heteroatoms. The molecule has 0 unspecified atom stereocenters. The quantitative estimate of drug-likeness (QED) is 0.479. The second-order valence-electron chi connectivity index (χ2n) is 2.33. The molecule has 0 saturated heterocycles. The summed E-state index contributed by atoms with van der Waals surface area (Å²) in [5.41, 5.74) is 5.97. The second-order valence-corrected chi connectivity index (χ2v) is 3.44. The number of benzene rings is 1. The molecule has 0 aliphatic rings. The van der Waals surface area contributed by atoms with Crippen LogP contribution < -0.4 is 5.73 Å². The van der Waals surface area contributed by atoms with Crippen molar-refractivity contribution < 1.29 is 0 Å². The average Bonchev–Trinajstić information content (AvgIpc) is 2.11. The molecule has 0 atom stereocenters. The summed E-state index contributed by atoms with van der Waals surface area (Å²) in [5, 5.41) is 1.06. The largest absolute Gasteiger partial charge is 0.386 e. The lowest BCUT2D eigenvalue weighted by atomic mass is 10.3. The Bertz CT molecular complexity index is 336. The van der Waals surface area contributed by atoms with Crippen LogP contribution in [0.4, 0.5) is 5.69 Å². The van der Waals surface area contributed by atoms with Crippen LogP contribution in [0.3, 0.4) is 0 Å². The van der Waals surface area contributed by atoms with Crippen molar-refractivity contribution in [3.05, 3.63) is 28.2 Å². The maximum Gasteiger partial charge on any atom is 0.115 e. The van der Waals surface area contributed by atoms with Gasteiger partial charge in [-0.1, -0.05) is 23.2 Å². The molecule has 0 aliphatic heterocycles. The molecule has 0 saturated carbocycles. The summed E-state index contributed by atoms with van der Waals surface area (Å²) in [4.78, 5) is 3.98. The van der Waals surface area contributed by atoms with Gasteiger partial charge in [-0.2, -0.15) is 0 Å². The fraction of sp³-hybridized carbons (Fsp3) is 0.125. The first-order chi connectivity index (χ1) is 6.13. The highest BCUT2D eigenvalue weighted by atomic mass is 35.5. The molecule has 0 heterocycles. The van der Waals surface area contributed by atoms with E-state index >= 15 is 0 Å². The smallest absolute Gasteiger partial charge is 0.115 e. The standard InChI is InChI=1S/C8H7Cl3N2/c9-4-8(12)13-7-3-5(10)1-2-6(7)11/h1-3H,4H2,(H2,12,13). The van der Waals surface area contributed by atoms with Gasteiger partial charge in [0.05, 0.1) is 16.6 Å². The third-order valence-corrected chi connectivity index (χ3v) is 2.14. The summed E-state index contributed by atoms with van der Waals surface area (Å²) in [6.45, 7) is 0. The minimum Gasteiger partial charge on any atom is -0.386 e. The van der Waals surface area contributed by atoms with Crippen molar-refractivity contribution in [3.63, 3.8) is 0 Å². The first kappa shape index (κ1) is 10.6. The van der Waals surface area contributed by atoms with E-state index in [2.05, 4.69) is 4.99 Å². The molecule has 0 radical (unpaired) electrons. The van der Waals surface area contributed by atoms with Crippen LogP contribution in [0.15, 0.2) is 23.2 Å². The Kier molecular flexibility index (Phi) is 3.85. The number of aliphatic imine (C=N–C) groups is 1. The Hall–Kier alpha value is -0.440. The molecule has 1 aromatic carbocycles. The molecule has 1 aromatic rings. The number of halogens is 3. The molecule has 0 fully saturated rings. The molecule has 0 aliphatic carbocycles. The van der Waals surface area contributed by atoms with Crippen molar-refractivity contribution in [1.29, 1.82) is 0 Å². The van der Waals surface area contributed by atoms with E-state index in [1.807, 2.05) is 0 Å². The van der Waals surface area contributed by atoms with Crippen LogP contribution in [0.1, 0.15) is 0 Å². The van der Waals surface area contributed by atoms with Crippen LogP contribution in [0.25, 0.3) is 0 Å². The Morgan fingerprint density at radius 2 is 2.08 bits per heavy atom. The summed E-state index contributed by atoms with van der Waals surface area (Å²) in [5.74, 6) is 0.480. The van der Waals surface area contributed by atoms with Crippen LogP contribution >= 0.6 is 34.8 Å². The van der Waals surface area contributed by atoms with Gasteiger partial charge in [0.1, 0.15) is 5.84 Å². The number of rotatable bonds is 2. The summed E-state index contributed by atoms with van der Waals surface area (Å²) >= 11 is 17.0. The van der Waals surface area contributed by atoms with Gasteiger partial charge in [-0.05, 0) is 18.2 Å². The van der Waals surface area contributed by atoms with E-state index < -0.39 is 0 Å². The lowest BCUT2D eigenvalue weighted by Crippen LogP contribution is -2.12. The van der Waals surface area contributed by atoms with E-state index in [4.69, 9.17) is 40.5 Å². The predicted octanol–water partition coefficient (Wildman–Crippen LogP) is 3.22. The molecular weight excluding hydrogens is 230 g/mol. The van der Waals surface area contributed by atoms with E-state index in [1.165, 1.54) is 0 Å². The highest BCUT2D eigenvalue weighted by molar-refractivity contribution is 6.35. The monoisotopic (exact) mass is 236 g/mol. The minimum absolute atomic E-state index is 0.169. The van der Waals surface area contributed by atoms with Gasteiger partial charge in [-0.3, -0.25) is 0 Å². The van der Waals surface area contributed by atoms with Crippen molar-refractivity contribution in [1.82, 2.24) is 0 Å². The van der Waals surface area contributed by atoms with Crippen LogP contribution in [-0.4, -0.2) is 11.7 Å². The van der Waals surface area contributed by atoms with Gasteiger partial charge < -0.3 is 5.73 Å². The van der Waals surface area contributed by atoms with E-state index in [1.54, 1.807) is 18.2 Å². The number of nitrogens with zero attached hydrogens (tertiary/aromatic N) is 1. The number of amidine groups is 1. The van der Waals surface area contributed by atoms with Gasteiger partial charge in [0, 0.05) is 5.02 Å². The SMILES string of the molecule is NC(CCl)=Nc1cc(Cl)ccc1Cl. The Morgan fingerprint density at radius 3 is 2.69 bits per heavy atom. The zero-order valence-corrected chi connectivity index (χ0v) is 8.87. The molecule has 13 heavy (non-hydrogen) atoms. The molecule has 1 rings (SSSR count). The number of hydrogen-bond acceptors (Lipinski definition) is 1. The van der Waals surface area contributed by atoms with Crippen LogP contribution in [0.5, 0.6) is 0 Å². The number of alkyl halides is 1. The van der Waals surface area contributed by atoms with E-state index in [9.17, 15) is 0 Å². The van der Waals surface area contributed by atoms with Crippen molar-refractivity contribution >= 4 is 46.3 Å². The van der Waals surface area contributed by atoms with Crippen LogP contribution in [-0.2, 0) is 0 Å². The molecule has 70 valence electrons. The molecule has 0 aromatic heterocycles. The molecule has 2 N–H and O–H groups in total. The third kappa shape index (κ3) is 3.07. The van der Waals surface area contributed by atoms with Crippen LogP contribution in [0.2, 0.25) is 10.0 Å². The van der Waals surface area contributed by atoms with E-state index in [0.29, 0.717) is 21.6 Å². The maximum atomic E-state index is 5.83. The normalized spacial score (nSPS) is 11.8. The van der Waals surface area contributed by atoms with Gasteiger partial charge in [-0.25, -0.2) is 4.99 Å². The zero-order valence-electron chi connectivity index (χ0n) is 6.60. The van der Waals surface area contributed by atoms with Gasteiger partial charge in [0.15, 0.2) is 0 Å². The van der Waals surface area contributed by atoms with Crippen molar-refractivity contribution in [2.45, 2.75) is 0 Å². The summed E-state index contributed by atoms with van der Waals surface area (Å²) in [6, 6.07) is 4.97.